The van der Waals surface area contributed by atoms with Crippen LogP contribution in [0.3, 0.4) is 0 Å². The number of halogens is 1. The van der Waals surface area contributed by atoms with Crippen LogP contribution in [0.25, 0.3) is 10.9 Å². The van der Waals surface area contributed by atoms with E-state index in [1.165, 1.54) is 30.2 Å². The van der Waals surface area contributed by atoms with Crippen LogP contribution in [0.5, 0.6) is 0 Å². The summed E-state index contributed by atoms with van der Waals surface area (Å²) in [5.41, 5.74) is 0.734. The van der Waals surface area contributed by atoms with Crippen molar-refractivity contribution in [3.8, 4) is 0 Å². The molecule has 2 rings (SSSR count). The Morgan fingerprint density at radius 3 is 2.94 bits per heavy atom. The molecule has 0 saturated heterocycles. The molecule has 18 heavy (non-hydrogen) atoms. The van der Waals surface area contributed by atoms with Gasteiger partial charge in [-0.25, -0.2) is 9.97 Å². The van der Waals surface area contributed by atoms with Gasteiger partial charge in [0.25, 0.3) is 5.69 Å². The largest absolute Gasteiger partial charge is 0.270 e. The summed E-state index contributed by atoms with van der Waals surface area (Å²) in [6.45, 7) is 1.98. The maximum absolute atomic E-state index is 10.8. The summed E-state index contributed by atoms with van der Waals surface area (Å²) in [6, 6.07) is 4.57. The minimum absolute atomic E-state index is 0.0395. The SMILES string of the molecule is CC(CCl)Sc1ncnc2ccc([N+](=O)[O-])cc12. The monoisotopic (exact) mass is 283 g/mol. The molecule has 0 fully saturated rings. The standard InChI is InChI=1S/C11H10ClN3O2S/c1-7(5-12)18-11-9-4-8(15(16)17)2-3-10(9)13-6-14-11/h2-4,6-7H,5H2,1H3. The lowest BCUT2D eigenvalue weighted by molar-refractivity contribution is -0.384. The third-order valence-corrected chi connectivity index (χ3v) is 4.09. The lowest BCUT2D eigenvalue weighted by Crippen LogP contribution is -1.99. The predicted octanol–water partition coefficient (Wildman–Crippen LogP) is 3.26. The van der Waals surface area contributed by atoms with Crippen molar-refractivity contribution in [3.05, 3.63) is 34.6 Å². The van der Waals surface area contributed by atoms with E-state index in [2.05, 4.69) is 9.97 Å². The summed E-state index contributed by atoms with van der Waals surface area (Å²) < 4.78 is 0. The van der Waals surface area contributed by atoms with Gasteiger partial charge in [0, 0.05) is 28.6 Å². The second-order valence-corrected chi connectivity index (χ2v) is 5.46. The van der Waals surface area contributed by atoms with E-state index in [0.717, 1.165) is 5.03 Å². The van der Waals surface area contributed by atoms with Gasteiger partial charge in [0.1, 0.15) is 11.4 Å². The lowest BCUT2D eigenvalue weighted by Gasteiger charge is -2.08. The fraction of sp³-hybridized carbons (Fsp3) is 0.273. The van der Waals surface area contributed by atoms with Crippen LogP contribution in [-0.2, 0) is 0 Å². The molecule has 5 nitrogen and oxygen atoms in total. The molecule has 2 aromatic rings. The molecule has 0 spiro atoms. The zero-order valence-corrected chi connectivity index (χ0v) is 11.1. The van der Waals surface area contributed by atoms with E-state index in [4.69, 9.17) is 11.6 Å². The Hall–Kier alpha value is -1.40. The van der Waals surface area contributed by atoms with Crippen molar-refractivity contribution in [2.45, 2.75) is 17.2 Å². The summed E-state index contributed by atoms with van der Waals surface area (Å²) >= 11 is 7.25. The molecule has 1 unspecified atom stereocenters. The number of alkyl halides is 1. The van der Waals surface area contributed by atoms with Gasteiger partial charge in [-0.1, -0.05) is 6.92 Å². The number of non-ortho nitro benzene ring substituents is 1. The molecule has 0 aliphatic rings. The molecule has 7 heteroatoms. The zero-order chi connectivity index (χ0) is 13.1. The molecular weight excluding hydrogens is 274 g/mol. The minimum atomic E-state index is -0.425. The molecule has 0 bridgehead atoms. The van der Waals surface area contributed by atoms with Gasteiger partial charge in [-0.15, -0.1) is 23.4 Å². The molecule has 94 valence electrons. The number of nitro benzene ring substituents is 1. The zero-order valence-electron chi connectivity index (χ0n) is 9.54. The Labute approximate surface area is 113 Å². The van der Waals surface area contributed by atoms with Crippen molar-refractivity contribution < 1.29 is 4.92 Å². The Morgan fingerprint density at radius 1 is 1.50 bits per heavy atom. The molecule has 0 amide bonds. The summed E-state index contributed by atoms with van der Waals surface area (Å²) in [6.07, 6.45) is 1.46. The number of hydrogen-bond donors (Lipinski definition) is 0. The van der Waals surface area contributed by atoms with Crippen molar-refractivity contribution in [2.24, 2.45) is 0 Å². The maximum Gasteiger partial charge on any atom is 0.270 e. The first-order valence-electron chi connectivity index (χ1n) is 5.23. The molecule has 0 saturated carbocycles. The minimum Gasteiger partial charge on any atom is -0.258 e. The molecular formula is C11H10ClN3O2S. The van der Waals surface area contributed by atoms with Gasteiger partial charge in [-0.05, 0) is 6.07 Å². The van der Waals surface area contributed by atoms with Crippen LogP contribution in [0.2, 0.25) is 0 Å². The highest BCUT2D eigenvalue weighted by molar-refractivity contribution is 8.00. The molecule has 1 heterocycles. The first-order chi connectivity index (χ1) is 8.61. The van der Waals surface area contributed by atoms with E-state index in [-0.39, 0.29) is 10.9 Å². The van der Waals surface area contributed by atoms with Crippen LogP contribution in [0.1, 0.15) is 6.92 Å². The first-order valence-corrected chi connectivity index (χ1v) is 6.65. The number of hydrogen-bond acceptors (Lipinski definition) is 5. The summed E-state index contributed by atoms with van der Waals surface area (Å²) in [5, 5.41) is 12.4. The number of aromatic nitrogens is 2. The average Bonchev–Trinajstić information content (AvgIpc) is 2.38. The van der Waals surface area contributed by atoms with Crippen LogP contribution in [0.4, 0.5) is 5.69 Å². The van der Waals surface area contributed by atoms with Crippen LogP contribution in [0, 0.1) is 10.1 Å². The van der Waals surface area contributed by atoms with E-state index in [1.807, 2.05) is 6.92 Å². The summed E-state index contributed by atoms with van der Waals surface area (Å²) in [5.74, 6) is 0.491. The van der Waals surface area contributed by atoms with E-state index >= 15 is 0 Å². The molecule has 0 aliphatic carbocycles. The van der Waals surface area contributed by atoms with Crippen LogP contribution >= 0.6 is 23.4 Å². The topological polar surface area (TPSA) is 68.9 Å². The Bertz CT molecular complexity index is 594. The highest BCUT2D eigenvalue weighted by Gasteiger charge is 2.12. The summed E-state index contributed by atoms with van der Waals surface area (Å²) in [4.78, 5) is 18.6. The molecule has 0 aliphatic heterocycles. The normalized spacial score (nSPS) is 12.6. The second kappa shape index (κ2) is 5.49. The number of thioether (sulfide) groups is 1. The van der Waals surface area contributed by atoms with Gasteiger partial charge in [0.15, 0.2) is 0 Å². The number of nitro groups is 1. The number of nitrogens with zero attached hydrogens (tertiary/aromatic N) is 3. The Morgan fingerprint density at radius 2 is 2.28 bits per heavy atom. The van der Waals surface area contributed by atoms with Gasteiger partial charge >= 0.3 is 0 Å². The molecule has 0 radical (unpaired) electrons. The highest BCUT2D eigenvalue weighted by Crippen LogP contribution is 2.30. The second-order valence-electron chi connectivity index (χ2n) is 3.72. The number of benzene rings is 1. The lowest BCUT2D eigenvalue weighted by atomic mass is 10.2. The third-order valence-electron chi connectivity index (χ3n) is 2.32. The van der Waals surface area contributed by atoms with Gasteiger partial charge in [0.2, 0.25) is 0 Å². The van der Waals surface area contributed by atoms with Crippen molar-refractivity contribution >= 4 is 40.0 Å². The molecule has 1 aromatic carbocycles. The van der Waals surface area contributed by atoms with Crippen molar-refractivity contribution in [1.82, 2.24) is 9.97 Å². The van der Waals surface area contributed by atoms with Gasteiger partial charge < -0.3 is 0 Å². The van der Waals surface area contributed by atoms with E-state index in [0.29, 0.717) is 16.8 Å². The number of rotatable bonds is 4. The number of fused-ring (bicyclic) bond motifs is 1. The fourth-order valence-electron chi connectivity index (χ4n) is 1.45. The molecule has 1 atom stereocenters. The van der Waals surface area contributed by atoms with E-state index < -0.39 is 4.92 Å². The molecule has 1 aromatic heterocycles. The highest BCUT2D eigenvalue weighted by atomic mass is 35.5. The van der Waals surface area contributed by atoms with E-state index in [1.54, 1.807) is 6.07 Å². The first kappa shape index (κ1) is 13.0. The van der Waals surface area contributed by atoms with Crippen molar-refractivity contribution in [3.63, 3.8) is 0 Å². The van der Waals surface area contributed by atoms with Crippen LogP contribution in [-0.4, -0.2) is 26.0 Å². The van der Waals surface area contributed by atoms with Gasteiger partial charge in [0.05, 0.1) is 10.4 Å². The van der Waals surface area contributed by atoms with Gasteiger partial charge in [-0.3, -0.25) is 10.1 Å². The Kier molecular flexibility index (Phi) is 3.98. The fourth-order valence-corrected chi connectivity index (χ4v) is 2.48. The molecule has 0 N–H and O–H groups in total. The summed E-state index contributed by atoms with van der Waals surface area (Å²) in [7, 11) is 0. The third kappa shape index (κ3) is 2.70. The predicted molar refractivity (Wildman–Crippen MR) is 72.2 cm³/mol. The van der Waals surface area contributed by atoms with E-state index in [9.17, 15) is 10.1 Å². The maximum atomic E-state index is 10.8. The average molecular weight is 284 g/mol. The van der Waals surface area contributed by atoms with Gasteiger partial charge in [-0.2, -0.15) is 0 Å². The van der Waals surface area contributed by atoms with Crippen molar-refractivity contribution in [2.75, 3.05) is 5.88 Å². The smallest absolute Gasteiger partial charge is 0.258 e. The van der Waals surface area contributed by atoms with Crippen LogP contribution in [0.15, 0.2) is 29.6 Å². The van der Waals surface area contributed by atoms with Crippen LogP contribution < -0.4 is 0 Å². The Balaban J connectivity index is 2.51. The quantitative estimate of drug-likeness (QED) is 0.283. The van der Waals surface area contributed by atoms with Crippen molar-refractivity contribution in [1.29, 1.82) is 0 Å².